The number of hydrogen-bond donors (Lipinski definition) is 2. The Morgan fingerprint density at radius 3 is 2.94 bits per heavy atom. The second-order valence-electron chi connectivity index (χ2n) is 4.25. The van der Waals surface area contributed by atoms with E-state index in [0.29, 0.717) is 26.4 Å². The number of methoxy groups -OCH3 is 1. The van der Waals surface area contributed by atoms with Crippen LogP contribution in [0.2, 0.25) is 0 Å². The monoisotopic (exact) mass is 244 g/mol. The van der Waals surface area contributed by atoms with E-state index >= 15 is 0 Å². The Labute approximate surface area is 103 Å². The highest BCUT2D eigenvalue weighted by atomic mass is 16.5. The first-order valence-corrected chi connectivity index (χ1v) is 6.42. The van der Waals surface area contributed by atoms with Crippen molar-refractivity contribution in [3.63, 3.8) is 0 Å². The number of ether oxygens (including phenoxy) is 2. The summed E-state index contributed by atoms with van der Waals surface area (Å²) in [7, 11) is 1.65. The third kappa shape index (κ3) is 6.61. The quantitative estimate of drug-likeness (QED) is 0.603. The molecule has 0 bridgehead atoms. The van der Waals surface area contributed by atoms with Crippen molar-refractivity contribution >= 4 is 5.91 Å². The molecular formula is C12H24N2O3. The lowest BCUT2D eigenvalue weighted by Crippen LogP contribution is -2.46. The number of carbonyl (C=O) groups is 1. The van der Waals surface area contributed by atoms with Crippen molar-refractivity contribution in [2.75, 3.05) is 40.0 Å². The van der Waals surface area contributed by atoms with E-state index in [-0.39, 0.29) is 11.9 Å². The molecule has 0 saturated carbocycles. The maximum absolute atomic E-state index is 11.7. The maximum atomic E-state index is 11.7. The summed E-state index contributed by atoms with van der Waals surface area (Å²) >= 11 is 0. The van der Waals surface area contributed by atoms with Crippen molar-refractivity contribution < 1.29 is 14.3 Å². The van der Waals surface area contributed by atoms with Gasteiger partial charge in [0.2, 0.25) is 5.91 Å². The summed E-state index contributed by atoms with van der Waals surface area (Å²) < 4.78 is 10.2. The molecule has 0 aromatic carbocycles. The van der Waals surface area contributed by atoms with Gasteiger partial charge in [-0.15, -0.1) is 0 Å². The molecule has 0 unspecified atom stereocenters. The fourth-order valence-electron chi connectivity index (χ4n) is 1.83. The lowest BCUT2D eigenvalue weighted by atomic mass is 10.0. The van der Waals surface area contributed by atoms with Gasteiger partial charge in [0.15, 0.2) is 0 Å². The molecule has 5 nitrogen and oxygen atoms in total. The van der Waals surface area contributed by atoms with Crippen LogP contribution in [0, 0.1) is 0 Å². The highest BCUT2D eigenvalue weighted by molar-refractivity contribution is 5.81. The minimum atomic E-state index is 0.0122. The Hall–Kier alpha value is -0.650. The molecule has 100 valence electrons. The third-order valence-corrected chi connectivity index (χ3v) is 2.82. The highest BCUT2D eigenvalue weighted by Gasteiger charge is 2.19. The normalized spacial score (nSPS) is 20.2. The number of carbonyl (C=O) groups excluding carboxylic acids is 1. The van der Waals surface area contributed by atoms with E-state index in [9.17, 15) is 4.79 Å². The highest BCUT2D eigenvalue weighted by Crippen LogP contribution is 2.06. The summed E-state index contributed by atoms with van der Waals surface area (Å²) in [5.74, 6) is 0.126. The Morgan fingerprint density at radius 2 is 2.24 bits per heavy atom. The van der Waals surface area contributed by atoms with Gasteiger partial charge in [0, 0.05) is 20.3 Å². The second-order valence-corrected chi connectivity index (χ2v) is 4.25. The molecular weight excluding hydrogens is 220 g/mol. The van der Waals surface area contributed by atoms with Crippen LogP contribution in [-0.4, -0.2) is 52.0 Å². The molecule has 17 heavy (non-hydrogen) atoms. The van der Waals surface area contributed by atoms with Crippen molar-refractivity contribution in [3.05, 3.63) is 0 Å². The predicted molar refractivity (Wildman–Crippen MR) is 66.0 cm³/mol. The summed E-state index contributed by atoms with van der Waals surface area (Å²) in [6, 6.07) is 0.0122. The molecule has 1 saturated heterocycles. The lowest BCUT2D eigenvalue weighted by Gasteiger charge is -2.22. The average Bonchev–Trinajstić information content (AvgIpc) is 2.38. The zero-order chi connectivity index (χ0) is 12.3. The van der Waals surface area contributed by atoms with Crippen LogP contribution in [0.15, 0.2) is 0 Å². The minimum Gasteiger partial charge on any atom is -0.382 e. The smallest absolute Gasteiger partial charge is 0.237 e. The van der Waals surface area contributed by atoms with Gasteiger partial charge < -0.3 is 20.1 Å². The third-order valence-electron chi connectivity index (χ3n) is 2.82. The SMILES string of the molecule is COCCOCCCNC(=O)[C@H]1CCCCN1. The molecule has 1 rings (SSSR count). The predicted octanol–water partition coefficient (Wildman–Crippen LogP) is 0.298. The van der Waals surface area contributed by atoms with Crippen LogP contribution in [0.4, 0.5) is 0 Å². The number of hydrogen-bond acceptors (Lipinski definition) is 4. The van der Waals surface area contributed by atoms with Crippen molar-refractivity contribution in [2.24, 2.45) is 0 Å². The van der Waals surface area contributed by atoms with Crippen molar-refractivity contribution in [1.82, 2.24) is 10.6 Å². The molecule has 1 amide bonds. The summed E-state index contributed by atoms with van der Waals surface area (Å²) in [5.41, 5.74) is 0. The molecule has 0 spiro atoms. The summed E-state index contributed by atoms with van der Waals surface area (Å²) in [4.78, 5) is 11.7. The fraction of sp³-hybridized carbons (Fsp3) is 0.917. The van der Waals surface area contributed by atoms with Crippen molar-refractivity contribution in [3.8, 4) is 0 Å². The Balaban J connectivity index is 1.92. The van der Waals surface area contributed by atoms with Gasteiger partial charge in [-0.3, -0.25) is 4.79 Å². The molecule has 1 aliphatic rings. The first kappa shape index (κ1) is 14.4. The zero-order valence-corrected chi connectivity index (χ0v) is 10.7. The minimum absolute atomic E-state index is 0.0122. The fourth-order valence-corrected chi connectivity index (χ4v) is 1.83. The van der Waals surface area contributed by atoms with E-state index in [1.54, 1.807) is 7.11 Å². The Morgan fingerprint density at radius 1 is 1.35 bits per heavy atom. The molecule has 1 heterocycles. The topological polar surface area (TPSA) is 59.6 Å². The van der Waals surface area contributed by atoms with Gasteiger partial charge in [-0.1, -0.05) is 6.42 Å². The van der Waals surface area contributed by atoms with Crippen LogP contribution in [0.3, 0.4) is 0 Å². The van der Waals surface area contributed by atoms with E-state index in [1.165, 1.54) is 6.42 Å². The van der Waals surface area contributed by atoms with Crippen LogP contribution in [0.1, 0.15) is 25.7 Å². The van der Waals surface area contributed by atoms with Gasteiger partial charge in [-0.2, -0.15) is 0 Å². The van der Waals surface area contributed by atoms with Crippen LogP contribution in [0.25, 0.3) is 0 Å². The van der Waals surface area contributed by atoms with E-state index in [1.807, 2.05) is 0 Å². The summed E-state index contributed by atoms with van der Waals surface area (Å²) in [6.07, 6.45) is 4.13. The largest absolute Gasteiger partial charge is 0.382 e. The molecule has 0 aliphatic carbocycles. The molecule has 1 aliphatic heterocycles. The molecule has 2 N–H and O–H groups in total. The van der Waals surface area contributed by atoms with Gasteiger partial charge in [-0.25, -0.2) is 0 Å². The molecule has 1 atom stereocenters. The molecule has 1 fully saturated rings. The number of rotatable bonds is 8. The van der Waals surface area contributed by atoms with Crippen LogP contribution >= 0.6 is 0 Å². The van der Waals surface area contributed by atoms with Gasteiger partial charge >= 0.3 is 0 Å². The van der Waals surface area contributed by atoms with E-state index < -0.39 is 0 Å². The molecule has 5 heteroatoms. The van der Waals surface area contributed by atoms with Crippen molar-refractivity contribution in [2.45, 2.75) is 31.7 Å². The maximum Gasteiger partial charge on any atom is 0.237 e. The van der Waals surface area contributed by atoms with E-state index in [0.717, 1.165) is 25.8 Å². The molecule has 0 radical (unpaired) electrons. The second kappa shape index (κ2) is 9.39. The molecule has 0 aromatic heterocycles. The van der Waals surface area contributed by atoms with Gasteiger partial charge in [0.05, 0.1) is 19.3 Å². The molecule has 0 aromatic rings. The average molecular weight is 244 g/mol. The first-order valence-electron chi connectivity index (χ1n) is 6.42. The van der Waals surface area contributed by atoms with Gasteiger partial charge in [0.1, 0.15) is 0 Å². The Kier molecular flexibility index (Phi) is 7.96. The number of piperidine rings is 1. The first-order chi connectivity index (χ1) is 8.34. The number of nitrogens with one attached hydrogen (secondary N) is 2. The lowest BCUT2D eigenvalue weighted by molar-refractivity contribution is -0.123. The summed E-state index contributed by atoms with van der Waals surface area (Å²) in [6.45, 7) is 3.55. The summed E-state index contributed by atoms with van der Waals surface area (Å²) in [5, 5.41) is 6.16. The van der Waals surface area contributed by atoms with Gasteiger partial charge in [-0.05, 0) is 25.8 Å². The van der Waals surface area contributed by atoms with E-state index in [2.05, 4.69) is 10.6 Å². The van der Waals surface area contributed by atoms with Crippen molar-refractivity contribution in [1.29, 1.82) is 0 Å². The van der Waals surface area contributed by atoms with Crippen LogP contribution in [0.5, 0.6) is 0 Å². The standard InChI is InChI=1S/C12H24N2O3/c1-16-9-10-17-8-4-7-14-12(15)11-5-2-3-6-13-11/h11,13H,2-10H2,1H3,(H,14,15)/t11-/m1/s1. The van der Waals surface area contributed by atoms with Crippen LogP contribution in [-0.2, 0) is 14.3 Å². The number of amides is 1. The Bertz CT molecular complexity index is 206. The van der Waals surface area contributed by atoms with Gasteiger partial charge in [0.25, 0.3) is 0 Å². The van der Waals surface area contributed by atoms with Crippen LogP contribution < -0.4 is 10.6 Å². The zero-order valence-electron chi connectivity index (χ0n) is 10.7. The van der Waals surface area contributed by atoms with E-state index in [4.69, 9.17) is 9.47 Å².